The number of hydrogen-bond donors (Lipinski definition) is 0. The molecular weight excluding hydrogens is 276 g/mol. The number of aromatic nitrogens is 2. The second-order valence-electron chi connectivity index (χ2n) is 2.03. The van der Waals surface area contributed by atoms with Crippen LogP contribution in [-0.4, -0.2) is 9.78 Å². The Morgan fingerprint density at radius 2 is 2.36 bits per heavy atom. The summed E-state index contributed by atoms with van der Waals surface area (Å²) in [6.07, 6.45) is 0. The Morgan fingerprint density at radius 1 is 1.73 bits per heavy atom. The van der Waals surface area contributed by atoms with Gasteiger partial charge in [-0.2, -0.15) is 5.10 Å². The summed E-state index contributed by atoms with van der Waals surface area (Å²) in [5, 5.41) is 4.64. The fourth-order valence-electron chi connectivity index (χ4n) is 0.654. The molecule has 1 rings (SSSR count). The van der Waals surface area contributed by atoms with E-state index in [-0.39, 0.29) is 5.56 Å². The van der Waals surface area contributed by atoms with E-state index in [9.17, 15) is 4.79 Å². The number of aryl methyl sites for hydroxylation is 1. The molecular formula is C6H6Br2N2O. The van der Waals surface area contributed by atoms with Crippen molar-refractivity contribution in [3.05, 3.63) is 26.6 Å². The topological polar surface area (TPSA) is 34.9 Å². The minimum Gasteiger partial charge on any atom is -0.268 e. The van der Waals surface area contributed by atoms with E-state index in [1.807, 2.05) is 0 Å². The van der Waals surface area contributed by atoms with Gasteiger partial charge >= 0.3 is 0 Å². The highest BCUT2D eigenvalue weighted by atomic mass is 79.9. The highest BCUT2D eigenvalue weighted by Gasteiger charge is 2.01. The fraction of sp³-hybridized carbons (Fsp3) is 0.333. The maximum atomic E-state index is 11.0. The van der Waals surface area contributed by atoms with Crippen molar-refractivity contribution in [3.63, 3.8) is 0 Å². The van der Waals surface area contributed by atoms with Crippen LogP contribution in [-0.2, 0) is 12.4 Å². The first kappa shape index (κ1) is 8.93. The summed E-state index contributed by atoms with van der Waals surface area (Å²) >= 11 is 6.49. The second kappa shape index (κ2) is 3.49. The smallest absolute Gasteiger partial charge is 0.267 e. The molecule has 0 atom stereocenters. The van der Waals surface area contributed by atoms with Crippen molar-refractivity contribution < 1.29 is 0 Å². The van der Waals surface area contributed by atoms with Gasteiger partial charge in [-0.3, -0.25) is 4.79 Å². The van der Waals surface area contributed by atoms with Crippen molar-refractivity contribution in [2.75, 3.05) is 0 Å². The Bertz CT molecular complexity index is 321. The van der Waals surface area contributed by atoms with E-state index >= 15 is 0 Å². The number of halogens is 2. The molecule has 0 saturated heterocycles. The first-order valence-corrected chi connectivity index (χ1v) is 4.85. The van der Waals surface area contributed by atoms with Gasteiger partial charge in [0.1, 0.15) is 0 Å². The predicted molar refractivity (Wildman–Crippen MR) is 49.8 cm³/mol. The van der Waals surface area contributed by atoms with Crippen LogP contribution in [0.1, 0.15) is 5.69 Å². The van der Waals surface area contributed by atoms with Gasteiger partial charge in [-0.25, -0.2) is 4.68 Å². The van der Waals surface area contributed by atoms with E-state index in [1.54, 1.807) is 7.05 Å². The number of nitrogens with zero attached hydrogens (tertiary/aromatic N) is 2. The third-order valence-electron chi connectivity index (χ3n) is 1.24. The molecule has 0 fully saturated rings. The summed E-state index contributed by atoms with van der Waals surface area (Å²) in [5.74, 6) is 0. The predicted octanol–water partition coefficient (Wildman–Crippen LogP) is 1.44. The molecule has 1 aromatic heterocycles. The molecule has 0 bridgehead atoms. The normalized spacial score (nSPS) is 10.1. The fourth-order valence-corrected chi connectivity index (χ4v) is 1.86. The third kappa shape index (κ3) is 1.90. The maximum Gasteiger partial charge on any atom is 0.267 e. The highest BCUT2D eigenvalue weighted by molar-refractivity contribution is 9.10. The zero-order chi connectivity index (χ0) is 8.43. The van der Waals surface area contributed by atoms with Gasteiger partial charge in [0.15, 0.2) is 0 Å². The van der Waals surface area contributed by atoms with E-state index in [2.05, 4.69) is 37.0 Å². The molecule has 0 aromatic carbocycles. The Balaban J connectivity index is 3.32. The van der Waals surface area contributed by atoms with Gasteiger partial charge in [-0.15, -0.1) is 0 Å². The molecule has 0 unspecified atom stereocenters. The van der Waals surface area contributed by atoms with Gasteiger partial charge in [0.25, 0.3) is 5.56 Å². The molecule has 0 N–H and O–H groups in total. The SMILES string of the molecule is Cn1nc(CBr)c(Br)cc1=O. The van der Waals surface area contributed by atoms with Crippen LogP contribution in [0.25, 0.3) is 0 Å². The number of hydrogen-bond acceptors (Lipinski definition) is 2. The van der Waals surface area contributed by atoms with Crippen LogP contribution in [0.3, 0.4) is 0 Å². The molecule has 5 heteroatoms. The average molecular weight is 282 g/mol. The lowest BCUT2D eigenvalue weighted by Gasteiger charge is -2.00. The average Bonchev–Trinajstić information content (AvgIpc) is 1.97. The van der Waals surface area contributed by atoms with Crippen molar-refractivity contribution in [3.8, 4) is 0 Å². The van der Waals surface area contributed by atoms with Crippen molar-refractivity contribution in [1.82, 2.24) is 9.78 Å². The van der Waals surface area contributed by atoms with E-state index in [0.717, 1.165) is 10.2 Å². The Kier molecular flexibility index (Phi) is 2.84. The highest BCUT2D eigenvalue weighted by Crippen LogP contribution is 2.13. The number of alkyl halides is 1. The molecule has 0 radical (unpaired) electrons. The van der Waals surface area contributed by atoms with Crippen molar-refractivity contribution in [2.24, 2.45) is 7.05 Å². The largest absolute Gasteiger partial charge is 0.268 e. The van der Waals surface area contributed by atoms with Crippen LogP contribution >= 0.6 is 31.9 Å². The third-order valence-corrected chi connectivity index (χ3v) is 2.46. The van der Waals surface area contributed by atoms with Crippen LogP contribution in [0.4, 0.5) is 0 Å². The van der Waals surface area contributed by atoms with Gasteiger partial charge < -0.3 is 0 Å². The molecule has 0 aliphatic carbocycles. The summed E-state index contributed by atoms with van der Waals surface area (Å²) in [6, 6.07) is 1.50. The molecule has 0 amide bonds. The molecule has 1 heterocycles. The van der Waals surface area contributed by atoms with E-state index in [4.69, 9.17) is 0 Å². The molecule has 0 aliphatic heterocycles. The van der Waals surface area contributed by atoms with Crippen molar-refractivity contribution in [2.45, 2.75) is 5.33 Å². The summed E-state index contributed by atoms with van der Waals surface area (Å²) in [7, 11) is 1.63. The van der Waals surface area contributed by atoms with Crippen LogP contribution in [0.2, 0.25) is 0 Å². The second-order valence-corrected chi connectivity index (χ2v) is 3.45. The van der Waals surface area contributed by atoms with Gasteiger partial charge in [0.05, 0.1) is 5.69 Å². The van der Waals surface area contributed by atoms with Crippen LogP contribution in [0, 0.1) is 0 Å². The molecule has 0 saturated carbocycles. The molecule has 11 heavy (non-hydrogen) atoms. The summed E-state index contributed by atoms with van der Waals surface area (Å²) in [6.45, 7) is 0. The molecule has 0 spiro atoms. The molecule has 1 aromatic rings. The van der Waals surface area contributed by atoms with Gasteiger partial charge in [-0.05, 0) is 15.9 Å². The minimum atomic E-state index is -0.110. The first-order chi connectivity index (χ1) is 5.15. The Morgan fingerprint density at radius 3 is 2.91 bits per heavy atom. The lowest BCUT2D eigenvalue weighted by Crippen LogP contribution is -2.19. The van der Waals surface area contributed by atoms with Crippen LogP contribution in [0.5, 0.6) is 0 Å². The molecule has 60 valence electrons. The van der Waals surface area contributed by atoms with E-state index in [1.165, 1.54) is 10.7 Å². The zero-order valence-electron chi connectivity index (χ0n) is 5.84. The van der Waals surface area contributed by atoms with Crippen LogP contribution < -0.4 is 5.56 Å². The monoisotopic (exact) mass is 280 g/mol. The van der Waals surface area contributed by atoms with Crippen molar-refractivity contribution >= 4 is 31.9 Å². The lowest BCUT2D eigenvalue weighted by molar-refractivity contribution is 0.688. The minimum absolute atomic E-state index is 0.110. The van der Waals surface area contributed by atoms with E-state index < -0.39 is 0 Å². The zero-order valence-corrected chi connectivity index (χ0v) is 9.02. The number of rotatable bonds is 1. The van der Waals surface area contributed by atoms with Crippen molar-refractivity contribution in [1.29, 1.82) is 0 Å². The van der Waals surface area contributed by atoms with Crippen LogP contribution in [0.15, 0.2) is 15.3 Å². The van der Waals surface area contributed by atoms with Gasteiger partial charge in [-0.1, -0.05) is 15.9 Å². The molecule has 3 nitrogen and oxygen atoms in total. The Labute approximate surface area is 80.7 Å². The first-order valence-electron chi connectivity index (χ1n) is 2.94. The Hall–Kier alpha value is -0.160. The lowest BCUT2D eigenvalue weighted by atomic mass is 10.4. The standard InChI is InChI=1S/C6H6Br2N2O/c1-10-6(11)2-4(8)5(3-7)9-10/h2H,3H2,1H3. The summed E-state index contributed by atoms with van der Waals surface area (Å²) in [5.41, 5.74) is 0.716. The van der Waals surface area contributed by atoms with E-state index in [0.29, 0.717) is 5.33 Å². The van der Waals surface area contributed by atoms with Gasteiger partial charge in [0.2, 0.25) is 0 Å². The summed E-state index contributed by atoms with van der Waals surface area (Å²) in [4.78, 5) is 11.0. The quantitative estimate of drug-likeness (QED) is 0.730. The molecule has 0 aliphatic rings. The maximum absolute atomic E-state index is 11.0. The summed E-state index contributed by atoms with van der Waals surface area (Å²) < 4.78 is 2.05. The van der Waals surface area contributed by atoms with Gasteiger partial charge in [0, 0.05) is 22.9 Å².